The summed E-state index contributed by atoms with van der Waals surface area (Å²) < 4.78 is 0. The van der Waals surface area contributed by atoms with Crippen LogP contribution in [0.25, 0.3) is 0 Å². The van der Waals surface area contributed by atoms with E-state index in [0.29, 0.717) is 0 Å². The fourth-order valence-corrected chi connectivity index (χ4v) is 2.96. The van der Waals surface area contributed by atoms with Crippen molar-refractivity contribution in [2.75, 3.05) is 14.1 Å². The van der Waals surface area contributed by atoms with Crippen molar-refractivity contribution in [1.29, 1.82) is 0 Å². The maximum absolute atomic E-state index is 9.66. The summed E-state index contributed by atoms with van der Waals surface area (Å²) in [6, 6.07) is 0. The zero-order valence-corrected chi connectivity index (χ0v) is 15.8. The van der Waals surface area contributed by atoms with Crippen LogP contribution in [0.5, 0.6) is 0 Å². The molecule has 1 N–H and O–H groups in total. The van der Waals surface area contributed by atoms with Crippen molar-refractivity contribution in [3.8, 4) is 0 Å². The summed E-state index contributed by atoms with van der Waals surface area (Å²) >= 11 is 0. The summed E-state index contributed by atoms with van der Waals surface area (Å²) in [5, 5.41) is 9.66. The topological polar surface area (TPSA) is 23.5 Å². The third-order valence-electron chi connectivity index (χ3n) is 4.66. The van der Waals surface area contributed by atoms with E-state index in [4.69, 9.17) is 0 Å². The van der Waals surface area contributed by atoms with Gasteiger partial charge in [-0.2, -0.15) is 0 Å². The number of nitrogens with zero attached hydrogens (tertiary/aromatic N) is 1. The zero-order valence-electron chi connectivity index (χ0n) is 15.8. The minimum absolute atomic E-state index is 0.248. The van der Waals surface area contributed by atoms with Crippen LogP contribution >= 0.6 is 0 Å². The lowest BCUT2D eigenvalue weighted by atomic mass is 10.0. The second-order valence-corrected chi connectivity index (χ2v) is 7.18. The maximum atomic E-state index is 9.66. The molecule has 0 radical (unpaired) electrons. The van der Waals surface area contributed by atoms with Crippen LogP contribution in [-0.2, 0) is 0 Å². The van der Waals surface area contributed by atoms with Crippen LogP contribution in [0.1, 0.15) is 110 Å². The minimum atomic E-state index is -0.248. The Balaban J connectivity index is 3.03. The van der Waals surface area contributed by atoms with Crippen LogP contribution in [0, 0.1) is 0 Å². The molecular weight excluding hydrogens is 270 g/mol. The Hall–Kier alpha value is -0.0800. The number of aliphatic hydroxyl groups excluding tert-OH is 1. The van der Waals surface area contributed by atoms with Crippen molar-refractivity contribution in [2.24, 2.45) is 0 Å². The maximum Gasteiger partial charge on any atom is 0.106 e. The second kappa shape index (κ2) is 17.3. The molecule has 1 atom stereocenters. The van der Waals surface area contributed by atoms with Gasteiger partial charge in [-0.1, -0.05) is 96.8 Å². The van der Waals surface area contributed by atoms with Crippen LogP contribution in [0.3, 0.4) is 0 Å². The van der Waals surface area contributed by atoms with Crippen molar-refractivity contribution in [2.45, 2.75) is 116 Å². The van der Waals surface area contributed by atoms with Gasteiger partial charge in [0.05, 0.1) is 0 Å². The third kappa shape index (κ3) is 16.3. The Bertz CT molecular complexity index is 206. The Labute approximate surface area is 140 Å². The van der Waals surface area contributed by atoms with E-state index in [9.17, 15) is 5.11 Å². The minimum Gasteiger partial charge on any atom is -0.378 e. The molecule has 0 bridgehead atoms. The SMILES string of the molecule is CCCCCCCCCCCCCCCCCC(O)N(C)C. The molecule has 0 heterocycles. The smallest absolute Gasteiger partial charge is 0.106 e. The van der Waals surface area contributed by atoms with E-state index in [0.717, 1.165) is 12.8 Å². The van der Waals surface area contributed by atoms with Crippen molar-refractivity contribution in [1.82, 2.24) is 4.90 Å². The molecule has 0 aromatic rings. The average Bonchev–Trinajstić information content (AvgIpc) is 2.50. The van der Waals surface area contributed by atoms with E-state index in [1.54, 1.807) is 0 Å². The average molecular weight is 314 g/mol. The summed E-state index contributed by atoms with van der Waals surface area (Å²) in [5.41, 5.74) is 0. The van der Waals surface area contributed by atoms with Crippen LogP contribution < -0.4 is 0 Å². The first-order valence-corrected chi connectivity index (χ1v) is 10.0. The quantitative estimate of drug-likeness (QED) is 0.258. The van der Waals surface area contributed by atoms with Gasteiger partial charge in [0.25, 0.3) is 0 Å². The predicted octanol–water partition coefficient (Wildman–Crippen LogP) is 6.13. The molecule has 0 saturated carbocycles. The largest absolute Gasteiger partial charge is 0.378 e. The zero-order chi connectivity index (χ0) is 16.5. The van der Waals surface area contributed by atoms with E-state index in [1.807, 2.05) is 19.0 Å². The van der Waals surface area contributed by atoms with Crippen LogP contribution in [-0.4, -0.2) is 30.3 Å². The number of unbranched alkanes of at least 4 members (excludes halogenated alkanes) is 14. The van der Waals surface area contributed by atoms with E-state index >= 15 is 0 Å². The Morgan fingerprint density at radius 1 is 0.591 bits per heavy atom. The Kier molecular flexibility index (Phi) is 17.2. The van der Waals surface area contributed by atoms with Gasteiger partial charge in [-0.3, -0.25) is 4.90 Å². The van der Waals surface area contributed by atoms with Crippen molar-refractivity contribution >= 4 is 0 Å². The van der Waals surface area contributed by atoms with Gasteiger partial charge in [-0.15, -0.1) is 0 Å². The molecule has 0 rings (SSSR count). The Morgan fingerprint density at radius 3 is 1.23 bits per heavy atom. The lowest BCUT2D eigenvalue weighted by Gasteiger charge is -2.17. The molecular formula is C20H43NO. The highest BCUT2D eigenvalue weighted by molar-refractivity contribution is 4.53. The monoisotopic (exact) mass is 313 g/mol. The highest BCUT2D eigenvalue weighted by atomic mass is 16.3. The Morgan fingerprint density at radius 2 is 0.909 bits per heavy atom. The molecule has 0 saturated heterocycles. The first kappa shape index (κ1) is 21.9. The number of hydrogen-bond acceptors (Lipinski definition) is 2. The van der Waals surface area contributed by atoms with Gasteiger partial charge in [0.2, 0.25) is 0 Å². The van der Waals surface area contributed by atoms with Gasteiger partial charge < -0.3 is 5.11 Å². The molecule has 0 aromatic carbocycles. The van der Waals surface area contributed by atoms with Gasteiger partial charge in [-0.05, 0) is 26.9 Å². The highest BCUT2D eigenvalue weighted by Gasteiger charge is 2.04. The predicted molar refractivity (Wildman–Crippen MR) is 99.2 cm³/mol. The normalized spacial score (nSPS) is 13.0. The molecule has 22 heavy (non-hydrogen) atoms. The van der Waals surface area contributed by atoms with Gasteiger partial charge in [0, 0.05) is 0 Å². The summed E-state index contributed by atoms with van der Waals surface area (Å²) in [5.74, 6) is 0. The van der Waals surface area contributed by atoms with Gasteiger partial charge in [-0.25, -0.2) is 0 Å². The number of aliphatic hydroxyl groups is 1. The fraction of sp³-hybridized carbons (Fsp3) is 1.00. The molecule has 134 valence electrons. The van der Waals surface area contributed by atoms with E-state index in [-0.39, 0.29) is 6.23 Å². The molecule has 0 aliphatic heterocycles. The summed E-state index contributed by atoms with van der Waals surface area (Å²) in [7, 11) is 3.88. The van der Waals surface area contributed by atoms with Crippen LogP contribution in [0.15, 0.2) is 0 Å². The first-order valence-electron chi connectivity index (χ1n) is 10.0. The molecule has 0 amide bonds. The molecule has 0 aliphatic carbocycles. The molecule has 1 unspecified atom stereocenters. The molecule has 2 nitrogen and oxygen atoms in total. The van der Waals surface area contributed by atoms with Gasteiger partial charge in [0.1, 0.15) is 6.23 Å². The molecule has 0 aromatic heterocycles. The van der Waals surface area contributed by atoms with Crippen LogP contribution in [0.4, 0.5) is 0 Å². The number of hydrogen-bond donors (Lipinski definition) is 1. The van der Waals surface area contributed by atoms with E-state index in [2.05, 4.69) is 6.92 Å². The fourth-order valence-electron chi connectivity index (χ4n) is 2.96. The second-order valence-electron chi connectivity index (χ2n) is 7.18. The first-order chi connectivity index (χ1) is 10.7. The standard InChI is InChI=1S/C20H43NO/c1-4-5-6-7-8-9-10-11-12-13-14-15-16-17-18-19-20(22)21(2)3/h20,22H,4-19H2,1-3H3. The van der Waals surface area contributed by atoms with E-state index < -0.39 is 0 Å². The van der Waals surface area contributed by atoms with Gasteiger partial charge in [0.15, 0.2) is 0 Å². The molecule has 2 heteroatoms. The lowest BCUT2D eigenvalue weighted by Crippen LogP contribution is -2.27. The summed E-state index contributed by atoms with van der Waals surface area (Å²) in [4.78, 5) is 1.89. The highest BCUT2D eigenvalue weighted by Crippen LogP contribution is 2.14. The van der Waals surface area contributed by atoms with Gasteiger partial charge >= 0.3 is 0 Å². The molecule has 0 aliphatic rings. The van der Waals surface area contributed by atoms with E-state index in [1.165, 1.54) is 89.9 Å². The number of rotatable bonds is 17. The summed E-state index contributed by atoms with van der Waals surface area (Å²) in [6.07, 6.45) is 21.6. The summed E-state index contributed by atoms with van der Waals surface area (Å²) in [6.45, 7) is 2.28. The molecule has 0 spiro atoms. The molecule has 0 fully saturated rings. The van der Waals surface area contributed by atoms with Crippen molar-refractivity contribution < 1.29 is 5.11 Å². The third-order valence-corrected chi connectivity index (χ3v) is 4.66. The van der Waals surface area contributed by atoms with Crippen molar-refractivity contribution in [3.05, 3.63) is 0 Å². The lowest BCUT2D eigenvalue weighted by molar-refractivity contribution is 0.0313. The van der Waals surface area contributed by atoms with Crippen LogP contribution in [0.2, 0.25) is 0 Å². The van der Waals surface area contributed by atoms with Crippen molar-refractivity contribution in [3.63, 3.8) is 0 Å².